The summed E-state index contributed by atoms with van der Waals surface area (Å²) in [7, 11) is 0. The molecule has 0 saturated carbocycles. The number of carbonyl (C=O) groups is 1. The van der Waals surface area contributed by atoms with Crippen molar-refractivity contribution in [2.75, 3.05) is 26.2 Å². The molecule has 0 aromatic carbocycles. The van der Waals surface area contributed by atoms with Crippen LogP contribution in [0.4, 0.5) is 0 Å². The van der Waals surface area contributed by atoms with Gasteiger partial charge in [-0.05, 0) is 36.2 Å². The van der Waals surface area contributed by atoms with Crippen molar-refractivity contribution in [3.8, 4) is 0 Å². The Bertz CT molecular complexity index is 1160. The molecule has 0 bridgehead atoms. The normalized spacial score (nSPS) is 15.0. The van der Waals surface area contributed by atoms with E-state index < -0.39 is 0 Å². The van der Waals surface area contributed by atoms with E-state index in [2.05, 4.69) is 19.9 Å². The monoisotopic (exact) mass is 393 g/mol. The number of hydrogen-bond acceptors (Lipinski definition) is 5. The van der Waals surface area contributed by atoms with Crippen molar-refractivity contribution in [3.05, 3.63) is 74.1 Å². The Kier molecular flexibility index (Phi) is 5.26. The molecular weight excluding hydrogens is 370 g/mol. The highest BCUT2D eigenvalue weighted by Gasteiger charge is 2.23. The minimum absolute atomic E-state index is 0.0676. The van der Waals surface area contributed by atoms with Crippen LogP contribution in [0.5, 0.6) is 0 Å². The maximum Gasteiger partial charge on any atom is 0.260 e. The van der Waals surface area contributed by atoms with E-state index in [4.69, 9.17) is 0 Å². The molecule has 0 atom stereocenters. The maximum atomic E-state index is 12.6. The topological polar surface area (TPSA) is 102 Å². The lowest BCUT2D eigenvalue weighted by molar-refractivity contribution is 0.0626. The molecule has 0 spiro atoms. The number of nitrogens with zero attached hydrogens (tertiary/aromatic N) is 3. The number of hydrogen-bond donors (Lipinski definition) is 2. The van der Waals surface area contributed by atoms with Gasteiger partial charge in [0.15, 0.2) is 0 Å². The van der Waals surface area contributed by atoms with Crippen LogP contribution >= 0.6 is 0 Å². The minimum Gasteiger partial charge on any atom is -0.336 e. The molecule has 0 radical (unpaired) electrons. The van der Waals surface area contributed by atoms with Gasteiger partial charge in [0.25, 0.3) is 17.0 Å². The van der Waals surface area contributed by atoms with Crippen LogP contribution < -0.4 is 11.1 Å². The predicted molar refractivity (Wildman–Crippen MR) is 110 cm³/mol. The summed E-state index contributed by atoms with van der Waals surface area (Å²) in [5.74, 6) is -0.233. The van der Waals surface area contributed by atoms with Gasteiger partial charge in [-0.15, -0.1) is 0 Å². The molecule has 1 saturated heterocycles. The smallest absolute Gasteiger partial charge is 0.260 e. The largest absolute Gasteiger partial charge is 0.336 e. The Morgan fingerprint density at radius 3 is 2.66 bits per heavy atom. The molecule has 3 aromatic heterocycles. The Balaban J connectivity index is 1.42. The first-order valence-electron chi connectivity index (χ1n) is 9.75. The number of H-pyrrole nitrogens is 2. The van der Waals surface area contributed by atoms with Crippen molar-refractivity contribution in [3.63, 3.8) is 0 Å². The molecule has 1 aliphatic rings. The van der Waals surface area contributed by atoms with Gasteiger partial charge in [-0.3, -0.25) is 24.3 Å². The summed E-state index contributed by atoms with van der Waals surface area (Å²) in [5.41, 5.74) is 3.02. The lowest BCUT2D eigenvalue weighted by Crippen LogP contribution is -2.49. The van der Waals surface area contributed by atoms with E-state index in [-0.39, 0.29) is 22.6 Å². The van der Waals surface area contributed by atoms with Crippen LogP contribution in [0.1, 0.15) is 28.4 Å². The summed E-state index contributed by atoms with van der Waals surface area (Å²) in [4.78, 5) is 50.3. The van der Waals surface area contributed by atoms with Gasteiger partial charge in [-0.25, -0.2) is 0 Å². The highest BCUT2D eigenvalue weighted by molar-refractivity contribution is 5.93. The third-order valence-corrected chi connectivity index (χ3v) is 5.32. The summed E-state index contributed by atoms with van der Waals surface area (Å²) in [6.07, 6.45) is 4.03. The number of aromatic nitrogens is 3. The molecule has 0 unspecified atom stereocenters. The molecule has 1 aliphatic heterocycles. The number of rotatable bonds is 4. The summed E-state index contributed by atoms with van der Waals surface area (Å²) in [6, 6.07) is 7.02. The van der Waals surface area contributed by atoms with Crippen molar-refractivity contribution in [1.82, 2.24) is 24.8 Å². The van der Waals surface area contributed by atoms with Crippen LogP contribution in [0.2, 0.25) is 0 Å². The number of amides is 1. The Morgan fingerprint density at radius 2 is 1.93 bits per heavy atom. The zero-order valence-corrected chi connectivity index (χ0v) is 16.3. The first kappa shape index (κ1) is 19.1. The lowest BCUT2D eigenvalue weighted by atomic mass is 10.1. The number of aromatic amines is 2. The van der Waals surface area contributed by atoms with Crippen LogP contribution in [0.3, 0.4) is 0 Å². The van der Waals surface area contributed by atoms with E-state index in [1.54, 1.807) is 17.0 Å². The number of nitrogens with one attached hydrogen (secondary N) is 2. The fourth-order valence-corrected chi connectivity index (χ4v) is 3.64. The SMILES string of the molecule is CCc1cc2ncc(CN3CCN(C(=O)c4ccc[nH]c4=O)CC3)cc2[nH]c1=O. The number of piperazine rings is 1. The molecule has 150 valence electrons. The first-order chi connectivity index (χ1) is 14.0. The molecule has 0 aliphatic carbocycles. The summed E-state index contributed by atoms with van der Waals surface area (Å²) < 4.78 is 0. The standard InChI is InChI=1S/C21H23N5O3/c1-2-15-11-17-18(24-19(15)27)10-14(12-23-17)13-25-6-8-26(9-7-25)21(29)16-4-3-5-22-20(16)28/h3-5,10-12H,2,6-9,13H2,1H3,(H,22,28)(H,24,27). The molecule has 29 heavy (non-hydrogen) atoms. The molecule has 4 heterocycles. The maximum absolute atomic E-state index is 12.6. The Labute approximate surface area is 167 Å². The van der Waals surface area contributed by atoms with Gasteiger partial charge in [-0.1, -0.05) is 6.92 Å². The van der Waals surface area contributed by atoms with Crippen molar-refractivity contribution in [1.29, 1.82) is 0 Å². The van der Waals surface area contributed by atoms with Crippen LogP contribution in [0.15, 0.2) is 46.2 Å². The fraction of sp³-hybridized carbons (Fsp3) is 0.333. The van der Waals surface area contributed by atoms with Crippen LogP contribution in [0, 0.1) is 0 Å². The van der Waals surface area contributed by atoms with Gasteiger partial charge >= 0.3 is 0 Å². The molecule has 3 aromatic rings. The van der Waals surface area contributed by atoms with E-state index >= 15 is 0 Å². The average molecular weight is 393 g/mol. The second-order valence-corrected chi connectivity index (χ2v) is 7.23. The highest BCUT2D eigenvalue weighted by Crippen LogP contribution is 2.14. The molecule has 2 N–H and O–H groups in total. The first-order valence-corrected chi connectivity index (χ1v) is 9.75. The fourth-order valence-electron chi connectivity index (χ4n) is 3.64. The number of fused-ring (bicyclic) bond motifs is 1. The summed E-state index contributed by atoms with van der Waals surface area (Å²) in [5, 5.41) is 0. The zero-order valence-electron chi connectivity index (χ0n) is 16.3. The van der Waals surface area contributed by atoms with E-state index in [1.165, 1.54) is 6.20 Å². The van der Waals surface area contributed by atoms with Gasteiger partial charge in [0.1, 0.15) is 5.56 Å². The summed E-state index contributed by atoms with van der Waals surface area (Å²) in [6.45, 7) is 5.17. The molecule has 8 heteroatoms. The van der Waals surface area contributed by atoms with E-state index in [9.17, 15) is 14.4 Å². The van der Waals surface area contributed by atoms with Crippen molar-refractivity contribution < 1.29 is 4.79 Å². The number of pyridine rings is 3. The molecule has 4 rings (SSSR count). The van der Waals surface area contributed by atoms with E-state index in [0.717, 1.165) is 22.2 Å². The minimum atomic E-state index is -0.359. The second kappa shape index (κ2) is 8.00. The van der Waals surface area contributed by atoms with Gasteiger partial charge in [0.05, 0.1) is 11.0 Å². The molecule has 8 nitrogen and oxygen atoms in total. The van der Waals surface area contributed by atoms with Gasteiger partial charge in [0.2, 0.25) is 0 Å². The molecule has 1 fully saturated rings. The molecule has 1 amide bonds. The van der Waals surface area contributed by atoms with Gasteiger partial charge in [0, 0.05) is 50.7 Å². The van der Waals surface area contributed by atoms with Crippen LogP contribution in [-0.4, -0.2) is 56.8 Å². The van der Waals surface area contributed by atoms with E-state index in [1.807, 2.05) is 25.3 Å². The Hall–Kier alpha value is -3.26. The van der Waals surface area contributed by atoms with Gasteiger partial charge in [-0.2, -0.15) is 0 Å². The zero-order chi connectivity index (χ0) is 20.4. The quantitative estimate of drug-likeness (QED) is 0.692. The van der Waals surface area contributed by atoms with E-state index in [0.29, 0.717) is 39.1 Å². The number of carbonyl (C=O) groups excluding carboxylic acids is 1. The third-order valence-electron chi connectivity index (χ3n) is 5.32. The van der Waals surface area contributed by atoms with Gasteiger partial charge < -0.3 is 14.9 Å². The third kappa shape index (κ3) is 3.97. The average Bonchev–Trinajstić information content (AvgIpc) is 2.73. The van der Waals surface area contributed by atoms with Crippen molar-refractivity contribution in [2.24, 2.45) is 0 Å². The summed E-state index contributed by atoms with van der Waals surface area (Å²) >= 11 is 0. The van der Waals surface area contributed by atoms with Crippen molar-refractivity contribution in [2.45, 2.75) is 19.9 Å². The van der Waals surface area contributed by atoms with Crippen LogP contribution in [-0.2, 0) is 13.0 Å². The highest BCUT2D eigenvalue weighted by atomic mass is 16.2. The van der Waals surface area contributed by atoms with Crippen molar-refractivity contribution >= 4 is 16.9 Å². The van der Waals surface area contributed by atoms with Crippen LogP contribution in [0.25, 0.3) is 11.0 Å². The second-order valence-electron chi connectivity index (χ2n) is 7.23. The lowest BCUT2D eigenvalue weighted by Gasteiger charge is -2.34. The Morgan fingerprint density at radius 1 is 1.14 bits per heavy atom. The molecular formula is C21H23N5O3. The number of aryl methyl sites for hydroxylation is 1. The predicted octanol–water partition coefficient (Wildman–Crippen LogP) is 1.13.